The van der Waals surface area contributed by atoms with E-state index in [4.69, 9.17) is 15.7 Å². The number of imidazole rings is 1. The first-order valence-electron chi connectivity index (χ1n) is 12.0. The Morgan fingerprint density at radius 2 is 2.14 bits per heavy atom. The van der Waals surface area contributed by atoms with Crippen LogP contribution < -0.4 is 27.4 Å². The minimum absolute atomic E-state index is 0.102. The average molecular weight is 524 g/mol. The third-order valence-corrected chi connectivity index (χ3v) is 7.84. The van der Waals surface area contributed by atoms with Gasteiger partial charge in [0, 0.05) is 30.9 Å². The Morgan fingerprint density at radius 3 is 2.86 bits per heavy atom. The second-order valence-corrected chi connectivity index (χ2v) is 10.5. The molecule has 2 aliphatic heterocycles. The van der Waals surface area contributed by atoms with Crippen LogP contribution in [0.3, 0.4) is 0 Å². The molecule has 0 bridgehead atoms. The molecule has 1 aliphatic carbocycles. The lowest BCUT2D eigenvalue weighted by Crippen LogP contribution is -2.57. The van der Waals surface area contributed by atoms with Crippen LogP contribution in [-0.4, -0.2) is 78.1 Å². The number of thioether (sulfide) groups is 1. The van der Waals surface area contributed by atoms with E-state index in [9.17, 15) is 19.5 Å². The molecule has 3 aromatic rings. The van der Waals surface area contributed by atoms with Crippen molar-refractivity contribution in [1.82, 2.24) is 34.8 Å². The van der Waals surface area contributed by atoms with E-state index in [0.717, 1.165) is 18.5 Å². The van der Waals surface area contributed by atoms with Crippen LogP contribution in [0.2, 0.25) is 0 Å². The van der Waals surface area contributed by atoms with E-state index in [2.05, 4.69) is 20.4 Å². The monoisotopic (exact) mass is 523 g/mol. The number of fused-ring (bicyclic) bond motifs is 1. The quantitative estimate of drug-likeness (QED) is 0.265. The number of hydrogen-bond acceptors (Lipinski definition) is 9. The maximum absolute atomic E-state index is 13.2. The highest BCUT2D eigenvalue weighted by Gasteiger charge is 2.32. The molecule has 3 aromatic heterocycles. The number of hydrogen-bond donors (Lipinski definition) is 5. The zero-order chi connectivity index (χ0) is 25.7. The number of primary amides is 1. The van der Waals surface area contributed by atoms with E-state index < -0.39 is 17.6 Å². The normalized spacial score (nSPS) is 23.1. The fourth-order valence-corrected chi connectivity index (χ4v) is 5.61. The molecule has 6 rings (SSSR count). The van der Waals surface area contributed by atoms with Gasteiger partial charge in [0.1, 0.15) is 11.7 Å². The zero-order valence-electron chi connectivity index (χ0n) is 19.7. The molecule has 14 heteroatoms. The molecule has 0 radical (unpaired) electrons. The lowest BCUT2D eigenvalue weighted by atomic mass is 10.2. The second-order valence-electron chi connectivity index (χ2n) is 9.29. The van der Waals surface area contributed by atoms with Crippen molar-refractivity contribution in [2.24, 2.45) is 10.7 Å². The van der Waals surface area contributed by atoms with Crippen LogP contribution in [0.5, 0.6) is 5.88 Å². The number of rotatable bonds is 5. The predicted octanol–water partition coefficient (Wildman–Crippen LogP) is -1.59. The number of carbonyl (C=O) groups is 2. The van der Waals surface area contributed by atoms with Crippen molar-refractivity contribution in [3.63, 3.8) is 0 Å². The van der Waals surface area contributed by atoms with Crippen LogP contribution in [0.25, 0.3) is 11.7 Å². The van der Waals surface area contributed by atoms with Gasteiger partial charge in [-0.2, -0.15) is 9.61 Å². The topological polar surface area (TPSA) is 187 Å². The lowest BCUT2D eigenvalue weighted by Gasteiger charge is -2.32. The van der Waals surface area contributed by atoms with Gasteiger partial charge in [-0.25, -0.2) is 9.78 Å². The third-order valence-electron chi connectivity index (χ3n) is 6.53. The van der Waals surface area contributed by atoms with Gasteiger partial charge in [-0.15, -0.1) is 11.8 Å². The first kappa shape index (κ1) is 23.5. The Hall–Kier alpha value is -3.91. The summed E-state index contributed by atoms with van der Waals surface area (Å²) in [7, 11) is 0. The Labute approximate surface area is 213 Å². The summed E-state index contributed by atoms with van der Waals surface area (Å²) in [6.07, 6.45) is 7.77. The standard InChI is InChI=1S/C23H25N9O4S/c24-19(33)15-10-31(6-5-25-15)22(35)17-4-3-16(37-17)13-8-18(27-12-1-2-12)32-20(28-13)11(9-26-32)7-14-21(34)30-23(36)29-14/h4,7-9,12,15-16,25,34H,1-3,5-6,10H2,(H2,24,33)(H2,29,30,36). The van der Waals surface area contributed by atoms with Crippen LogP contribution in [0.1, 0.15) is 35.9 Å². The lowest BCUT2D eigenvalue weighted by molar-refractivity contribution is -0.129. The summed E-state index contributed by atoms with van der Waals surface area (Å²) in [4.78, 5) is 53.1. The molecule has 37 heavy (non-hydrogen) atoms. The summed E-state index contributed by atoms with van der Waals surface area (Å²) in [5.74, 6) is -0.860. The molecule has 5 heterocycles. The van der Waals surface area contributed by atoms with Crippen LogP contribution in [0.4, 0.5) is 0 Å². The number of piperazine rings is 1. The van der Waals surface area contributed by atoms with Gasteiger partial charge < -0.3 is 26.0 Å². The van der Waals surface area contributed by atoms with E-state index >= 15 is 0 Å². The summed E-state index contributed by atoms with van der Waals surface area (Å²) in [5.41, 5.74) is 7.09. The summed E-state index contributed by atoms with van der Waals surface area (Å²) < 4.78 is 1.65. The molecular formula is C23H25N9O4S. The molecule has 0 aromatic carbocycles. The highest BCUT2D eigenvalue weighted by molar-refractivity contribution is 8.04. The fourth-order valence-electron chi connectivity index (χ4n) is 4.44. The van der Waals surface area contributed by atoms with Gasteiger partial charge in [-0.1, -0.05) is 6.08 Å². The van der Waals surface area contributed by atoms with Crippen LogP contribution in [0, 0.1) is 0 Å². The number of carbonyl (C=O) groups excluding carboxylic acids is 2. The molecule has 1 saturated heterocycles. The zero-order valence-corrected chi connectivity index (χ0v) is 20.5. The van der Waals surface area contributed by atoms with Gasteiger partial charge in [0.15, 0.2) is 11.1 Å². The Bertz CT molecular complexity index is 1620. The number of nitrogens with zero attached hydrogens (tertiary/aromatic N) is 5. The van der Waals surface area contributed by atoms with Crippen molar-refractivity contribution in [2.75, 3.05) is 19.6 Å². The van der Waals surface area contributed by atoms with Crippen LogP contribution >= 0.6 is 11.8 Å². The van der Waals surface area contributed by atoms with Crippen molar-refractivity contribution in [1.29, 1.82) is 0 Å². The van der Waals surface area contributed by atoms with Crippen molar-refractivity contribution in [2.45, 2.75) is 36.6 Å². The summed E-state index contributed by atoms with van der Waals surface area (Å²) >= 11 is 1.44. The van der Waals surface area contributed by atoms with Crippen LogP contribution in [0.15, 0.2) is 33.0 Å². The van der Waals surface area contributed by atoms with E-state index in [0.29, 0.717) is 40.8 Å². The Kier molecular flexibility index (Phi) is 5.83. The summed E-state index contributed by atoms with van der Waals surface area (Å²) in [6, 6.07) is 1.60. The van der Waals surface area contributed by atoms with E-state index in [-0.39, 0.29) is 35.3 Å². The first-order chi connectivity index (χ1) is 17.9. The van der Waals surface area contributed by atoms with Crippen molar-refractivity contribution >= 4 is 35.3 Å². The summed E-state index contributed by atoms with van der Waals surface area (Å²) in [6.45, 7) is 1.25. The molecule has 1 saturated carbocycles. The second kappa shape index (κ2) is 9.19. The van der Waals surface area contributed by atoms with Crippen molar-refractivity contribution < 1.29 is 14.7 Å². The summed E-state index contributed by atoms with van der Waals surface area (Å²) in [5, 5.41) is 18.0. The van der Waals surface area contributed by atoms with Crippen molar-refractivity contribution in [3.05, 3.63) is 55.8 Å². The molecule has 6 N–H and O–H groups in total. The number of nitrogens with one attached hydrogen (secondary N) is 3. The third kappa shape index (κ3) is 4.64. The number of aromatic nitrogens is 5. The van der Waals surface area contributed by atoms with Gasteiger partial charge in [-0.05, 0) is 25.3 Å². The van der Waals surface area contributed by atoms with Gasteiger partial charge in [0.05, 0.1) is 28.1 Å². The number of aromatic hydroxyl groups is 1. The van der Waals surface area contributed by atoms with Gasteiger partial charge >= 0.3 is 5.69 Å². The average Bonchev–Trinajstić information content (AvgIpc) is 3.25. The molecule has 13 nitrogen and oxygen atoms in total. The highest BCUT2D eigenvalue weighted by atomic mass is 32.2. The minimum Gasteiger partial charge on any atom is -0.493 e. The molecular weight excluding hydrogens is 498 g/mol. The van der Waals surface area contributed by atoms with E-state index in [1.54, 1.807) is 21.7 Å². The van der Waals surface area contributed by atoms with Gasteiger partial charge in [-0.3, -0.25) is 19.6 Å². The molecule has 2 fully saturated rings. The molecule has 192 valence electrons. The maximum Gasteiger partial charge on any atom is 0.326 e. The SMILES string of the molecule is NC(=O)C1CN(C(=O)C2=CCC(c3cc(=NC4CC4)n4ncc(=Cc5[nH]c(=O)[nH]c5O)c4n3)S2)CCN1. The van der Waals surface area contributed by atoms with Crippen LogP contribution in [-0.2, 0) is 9.59 Å². The number of nitrogens with two attached hydrogens (primary N) is 1. The fraction of sp³-hybridized carbons (Fsp3) is 0.391. The smallest absolute Gasteiger partial charge is 0.326 e. The first-order valence-corrected chi connectivity index (χ1v) is 12.9. The van der Waals surface area contributed by atoms with Gasteiger partial charge in [0.25, 0.3) is 5.91 Å². The molecule has 2 unspecified atom stereocenters. The van der Waals surface area contributed by atoms with Crippen molar-refractivity contribution in [3.8, 4) is 5.88 Å². The molecule has 2 atom stereocenters. The Balaban J connectivity index is 1.32. The molecule has 2 amide bonds. The van der Waals surface area contributed by atoms with E-state index in [1.165, 1.54) is 11.8 Å². The maximum atomic E-state index is 13.2. The van der Waals surface area contributed by atoms with Gasteiger partial charge in [0.2, 0.25) is 11.8 Å². The van der Waals surface area contributed by atoms with E-state index in [1.807, 2.05) is 12.1 Å². The minimum atomic E-state index is -0.554. The number of amides is 2. The number of H-pyrrole nitrogens is 2. The highest BCUT2D eigenvalue weighted by Crippen LogP contribution is 2.43. The predicted molar refractivity (Wildman–Crippen MR) is 134 cm³/mol. The Morgan fingerprint density at radius 1 is 1.30 bits per heavy atom. The largest absolute Gasteiger partial charge is 0.493 e. The molecule has 3 aliphatic rings. The number of aromatic amines is 2. The number of allylic oxidation sites excluding steroid dienone is 1. The molecule has 0 spiro atoms.